The van der Waals surface area contributed by atoms with Gasteiger partial charge in [-0.2, -0.15) is 0 Å². The third kappa shape index (κ3) is 3.45. The number of ether oxygens (including phenoxy) is 1. The maximum atomic E-state index is 16.4. The van der Waals surface area contributed by atoms with E-state index in [0.29, 0.717) is 17.5 Å². The second-order valence-corrected chi connectivity index (χ2v) is 11.1. The van der Waals surface area contributed by atoms with Crippen LogP contribution >= 0.6 is 11.6 Å². The smallest absolute Gasteiger partial charge is 0.249 e. The third-order valence-corrected chi connectivity index (χ3v) is 9.03. The molecular formula is C30H29ClF2N2O3. The number of rotatable bonds is 4. The zero-order valence-electron chi connectivity index (χ0n) is 21.2. The van der Waals surface area contributed by atoms with Crippen molar-refractivity contribution in [2.45, 2.75) is 56.8 Å². The van der Waals surface area contributed by atoms with Gasteiger partial charge in [-0.3, -0.25) is 4.79 Å². The number of aliphatic hydroxyl groups is 1. The average molecular weight is 539 g/mol. The van der Waals surface area contributed by atoms with Crippen molar-refractivity contribution in [1.82, 2.24) is 5.32 Å². The van der Waals surface area contributed by atoms with E-state index >= 15 is 8.78 Å². The van der Waals surface area contributed by atoms with E-state index in [1.54, 1.807) is 6.92 Å². The number of benzene rings is 3. The normalized spacial score (nSPS) is 27.7. The molecule has 0 radical (unpaired) electrons. The van der Waals surface area contributed by atoms with Gasteiger partial charge in [0.05, 0.1) is 22.7 Å². The summed E-state index contributed by atoms with van der Waals surface area (Å²) < 4.78 is 38.6. The van der Waals surface area contributed by atoms with Gasteiger partial charge >= 0.3 is 0 Å². The standard InChI is InChI=1S/C30H29ClF2N2O3/c1-14-11-16-12-18(29(34)37)24(27(33)23(16)28(14)36)25-22-15(2)30(21-9-6-10-35-21,17-7-4-3-5-8-17)38-20(22)13-19(32)26(25)31/h3-5,7-8,12-15,21,28,35-36H,6,9-11H2,1-2H3,(H2,34,37)/t14?,15-,21-,28?,30-/m0/s1. The largest absolute Gasteiger partial charge is 0.480 e. The topological polar surface area (TPSA) is 84.6 Å². The summed E-state index contributed by atoms with van der Waals surface area (Å²) in [7, 11) is 0. The molecule has 0 spiro atoms. The summed E-state index contributed by atoms with van der Waals surface area (Å²) in [5, 5.41) is 14.0. The van der Waals surface area contributed by atoms with E-state index in [0.717, 1.165) is 24.9 Å². The van der Waals surface area contributed by atoms with Crippen LogP contribution in [0.25, 0.3) is 11.1 Å². The van der Waals surface area contributed by atoms with Gasteiger partial charge in [-0.25, -0.2) is 8.78 Å². The van der Waals surface area contributed by atoms with E-state index in [9.17, 15) is 9.90 Å². The molecule has 3 aromatic carbocycles. The maximum absolute atomic E-state index is 16.4. The molecule has 2 unspecified atom stereocenters. The Morgan fingerprint density at radius 1 is 1.16 bits per heavy atom. The van der Waals surface area contributed by atoms with E-state index < -0.39 is 35.2 Å². The summed E-state index contributed by atoms with van der Waals surface area (Å²) >= 11 is 6.61. The third-order valence-electron chi connectivity index (χ3n) is 8.66. The highest BCUT2D eigenvalue weighted by Crippen LogP contribution is 2.58. The minimum atomic E-state index is -1.06. The summed E-state index contributed by atoms with van der Waals surface area (Å²) in [5.74, 6) is -2.85. The number of carbonyl (C=O) groups excluding carboxylic acids is 1. The first-order valence-corrected chi connectivity index (χ1v) is 13.4. The lowest BCUT2D eigenvalue weighted by Crippen LogP contribution is -2.50. The van der Waals surface area contributed by atoms with Crippen molar-refractivity contribution >= 4 is 17.5 Å². The first kappa shape index (κ1) is 25.3. The van der Waals surface area contributed by atoms with Gasteiger partial charge in [-0.05, 0) is 48.9 Å². The monoisotopic (exact) mass is 538 g/mol. The molecule has 3 aliphatic rings. The van der Waals surface area contributed by atoms with Crippen LogP contribution in [0.15, 0.2) is 42.5 Å². The quantitative estimate of drug-likeness (QED) is 0.395. The Hall–Kier alpha value is -3.00. The molecule has 2 aliphatic heterocycles. The maximum Gasteiger partial charge on any atom is 0.249 e. The van der Waals surface area contributed by atoms with Crippen LogP contribution in [0.4, 0.5) is 8.78 Å². The van der Waals surface area contributed by atoms with E-state index in [1.165, 1.54) is 12.1 Å². The van der Waals surface area contributed by atoms with Gasteiger partial charge in [0.15, 0.2) is 5.60 Å². The molecule has 5 atom stereocenters. The fourth-order valence-electron chi connectivity index (χ4n) is 6.88. The molecule has 1 saturated heterocycles. The molecule has 4 N–H and O–H groups in total. The Balaban J connectivity index is 1.65. The molecule has 1 fully saturated rings. The van der Waals surface area contributed by atoms with Crippen LogP contribution in [0.1, 0.15) is 71.3 Å². The van der Waals surface area contributed by atoms with Crippen LogP contribution < -0.4 is 15.8 Å². The Kier molecular flexibility index (Phi) is 6.02. The zero-order valence-corrected chi connectivity index (χ0v) is 21.9. The molecule has 1 amide bonds. The summed E-state index contributed by atoms with van der Waals surface area (Å²) in [4.78, 5) is 12.7. The molecule has 198 valence electrons. The highest BCUT2D eigenvalue weighted by Gasteiger charge is 2.55. The van der Waals surface area contributed by atoms with Crippen LogP contribution in [0.5, 0.6) is 5.75 Å². The highest BCUT2D eigenvalue weighted by molar-refractivity contribution is 6.34. The van der Waals surface area contributed by atoms with Crippen molar-refractivity contribution in [3.8, 4) is 16.9 Å². The van der Waals surface area contributed by atoms with Crippen LogP contribution in [0.3, 0.4) is 0 Å². The lowest BCUT2D eigenvalue weighted by atomic mass is 9.73. The number of primary amides is 1. The molecule has 0 bridgehead atoms. The van der Waals surface area contributed by atoms with Crippen molar-refractivity contribution in [2.24, 2.45) is 11.7 Å². The number of hydrogen-bond acceptors (Lipinski definition) is 4. The average Bonchev–Trinajstić information content (AvgIpc) is 3.60. The van der Waals surface area contributed by atoms with Gasteiger partial charge < -0.3 is 20.9 Å². The van der Waals surface area contributed by atoms with E-state index in [1.807, 2.05) is 37.3 Å². The van der Waals surface area contributed by atoms with Crippen LogP contribution in [-0.2, 0) is 12.0 Å². The number of aliphatic hydroxyl groups excluding tert-OH is 1. The number of amides is 1. The van der Waals surface area contributed by atoms with Crippen molar-refractivity contribution in [1.29, 1.82) is 0 Å². The lowest BCUT2D eigenvalue weighted by molar-refractivity contribution is 0.0333. The Morgan fingerprint density at radius 2 is 1.89 bits per heavy atom. The predicted octanol–water partition coefficient (Wildman–Crippen LogP) is 5.75. The minimum absolute atomic E-state index is 0.0471. The second kappa shape index (κ2) is 9.04. The van der Waals surface area contributed by atoms with E-state index in [2.05, 4.69) is 5.32 Å². The summed E-state index contributed by atoms with van der Waals surface area (Å²) in [6.07, 6.45) is 1.12. The molecule has 2 heterocycles. The van der Waals surface area contributed by atoms with Crippen LogP contribution in [0, 0.1) is 17.6 Å². The Bertz CT molecular complexity index is 1460. The van der Waals surface area contributed by atoms with Crippen molar-refractivity contribution < 1.29 is 23.4 Å². The van der Waals surface area contributed by atoms with Crippen molar-refractivity contribution in [2.75, 3.05) is 6.54 Å². The fourth-order valence-corrected chi connectivity index (χ4v) is 7.13. The molecule has 8 heteroatoms. The van der Waals surface area contributed by atoms with E-state index in [4.69, 9.17) is 22.1 Å². The van der Waals surface area contributed by atoms with Crippen LogP contribution in [-0.4, -0.2) is 23.6 Å². The van der Waals surface area contributed by atoms with Gasteiger partial charge in [-0.1, -0.05) is 55.8 Å². The molecule has 38 heavy (non-hydrogen) atoms. The number of fused-ring (bicyclic) bond motifs is 2. The SMILES string of the molecule is CC1Cc2cc(C(N)=O)c(-c3c(Cl)c(F)cc4c3[C@H](C)[C@](c3ccccc3)([C@@H]3CCCN3)O4)c(F)c2C1O. The summed E-state index contributed by atoms with van der Waals surface area (Å²) in [6.45, 7) is 4.58. The highest BCUT2D eigenvalue weighted by atomic mass is 35.5. The molecule has 3 aromatic rings. The number of nitrogens with two attached hydrogens (primary N) is 1. The molecule has 5 nitrogen and oxygen atoms in total. The fraction of sp³-hybridized carbons (Fsp3) is 0.367. The van der Waals surface area contributed by atoms with Gasteiger partial charge in [0.25, 0.3) is 0 Å². The summed E-state index contributed by atoms with van der Waals surface area (Å²) in [6, 6.07) is 12.4. The van der Waals surface area contributed by atoms with Gasteiger partial charge in [-0.15, -0.1) is 0 Å². The lowest BCUT2D eigenvalue weighted by Gasteiger charge is -2.39. The molecular weight excluding hydrogens is 510 g/mol. The van der Waals surface area contributed by atoms with Gasteiger partial charge in [0, 0.05) is 34.2 Å². The van der Waals surface area contributed by atoms with Crippen LogP contribution in [0.2, 0.25) is 5.02 Å². The number of carbonyl (C=O) groups is 1. The van der Waals surface area contributed by atoms with Crippen molar-refractivity contribution in [3.05, 3.63) is 86.9 Å². The number of nitrogens with one attached hydrogen (secondary N) is 1. The molecule has 6 rings (SSSR count). The Labute approximate surface area is 225 Å². The van der Waals surface area contributed by atoms with E-state index in [-0.39, 0.29) is 45.0 Å². The minimum Gasteiger partial charge on any atom is -0.480 e. The molecule has 0 aromatic heterocycles. The first-order valence-electron chi connectivity index (χ1n) is 13.0. The van der Waals surface area contributed by atoms with Gasteiger partial charge in [0.2, 0.25) is 5.91 Å². The van der Waals surface area contributed by atoms with Gasteiger partial charge in [0.1, 0.15) is 17.4 Å². The van der Waals surface area contributed by atoms with Crippen molar-refractivity contribution in [3.63, 3.8) is 0 Å². The number of hydrogen-bond donors (Lipinski definition) is 3. The molecule has 1 aliphatic carbocycles. The first-order chi connectivity index (χ1) is 18.2. The second-order valence-electron chi connectivity index (χ2n) is 10.8. The zero-order chi connectivity index (χ0) is 26.9. The number of halogens is 3. The predicted molar refractivity (Wildman–Crippen MR) is 141 cm³/mol. The Morgan fingerprint density at radius 3 is 2.55 bits per heavy atom. The summed E-state index contributed by atoms with van der Waals surface area (Å²) in [5.41, 5.74) is 6.62. The molecule has 0 saturated carbocycles.